The summed E-state index contributed by atoms with van der Waals surface area (Å²) in [5, 5.41) is 6.62. The number of nitrogens with one attached hydrogen (secondary N) is 2. The number of pyridine rings is 1. The molecule has 0 amide bonds. The van der Waals surface area contributed by atoms with Gasteiger partial charge in [0.15, 0.2) is 5.96 Å². The molecule has 0 aromatic carbocycles. The maximum atomic E-state index is 4.35. The molecule has 92 valence electrons. The van der Waals surface area contributed by atoms with Gasteiger partial charge in [-0.15, -0.1) is 0 Å². The second-order valence-electron chi connectivity index (χ2n) is 4.52. The van der Waals surface area contributed by atoms with Gasteiger partial charge in [0.1, 0.15) is 0 Å². The zero-order valence-corrected chi connectivity index (χ0v) is 10.5. The van der Waals surface area contributed by atoms with Gasteiger partial charge in [-0.2, -0.15) is 0 Å². The number of hydrogen-bond donors (Lipinski definition) is 2. The van der Waals surface area contributed by atoms with Crippen LogP contribution in [0.1, 0.15) is 24.1 Å². The molecule has 1 aromatic heterocycles. The Bertz CT molecular complexity index is 396. The Kier molecular flexibility index (Phi) is 3.96. The fourth-order valence-electron chi connectivity index (χ4n) is 1.65. The molecule has 1 aliphatic rings. The molecule has 0 bridgehead atoms. The summed E-state index contributed by atoms with van der Waals surface area (Å²) in [5.74, 6) is 1.71. The van der Waals surface area contributed by atoms with E-state index in [0.29, 0.717) is 0 Å². The Morgan fingerprint density at radius 1 is 1.47 bits per heavy atom. The van der Waals surface area contributed by atoms with Crippen molar-refractivity contribution >= 4 is 5.96 Å². The van der Waals surface area contributed by atoms with Gasteiger partial charge in [-0.3, -0.25) is 9.98 Å². The second-order valence-corrected chi connectivity index (χ2v) is 4.52. The lowest BCUT2D eigenvalue weighted by molar-refractivity contribution is 0.732. The summed E-state index contributed by atoms with van der Waals surface area (Å²) in [6.07, 6.45) is 4.52. The van der Waals surface area contributed by atoms with Crippen molar-refractivity contribution < 1.29 is 0 Å². The molecule has 1 aliphatic carbocycles. The van der Waals surface area contributed by atoms with E-state index in [1.807, 2.05) is 12.3 Å². The van der Waals surface area contributed by atoms with Crippen LogP contribution < -0.4 is 10.6 Å². The normalized spacial score (nSPS) is 15.8. The second kappa shape index (κ2) is 5.66. The molecular formula is C13H20N4. The van der Waals surface area contributed by atoms with E-state index in [0.717, 1.165) is 30.7 Å². The van der Waals surface area contributed by atoms with Crippen LogP contribution in [0.15, 0.2) is 23.3 Å². The Labute approximate surface area is 103 Å². The third-order valence-corrected chi connectivity index (χ3v) is 3.02. The highest BCUT2D eigenvalue weighted by molar-refractivity contribution is 5.79. The summed E-state index contributed by atoms with van der Waals surface area (Å²) in [7, 11) is 1.80. The minimum Gasteiger partial charge on any atom is -0.356 e. The lowest BCUT2D eigenvalue weighted by atomic mass is 10.2. The van der Waals surface area contributed by atoms with E-state index in [2.05, 4.69) is 33.6 Å². The minimum absolute atomic E-state index is 0.719. The first-order chi connectivity index (χ1) is 8.29. The van der Waals surface area contributed by atoms with Gasteiger partial charge in [-0.05, 0) is 37.3 Å². The van der Waals surface area contributed by atoms with E-state index in [-0.39, 0.29) is 0 Å². The molecule has 17 heavy (non-hydrogen) atoms. The number of aromatic nitrogens is 1. The topological polar surface area (TPSA) is 49.3 Å². The zero-order valence-electron chi connectivity index (χ0n) is 10.5. The number of aliphatic imine (C=N–C) groups is 1. The molecule has 0 atom stereocenters. The van der Waals surface area contributed by atoms with E-state index >= 15 is 0 Å². The number of rotatable bonds is 4. The summed E-state index contributed by atoms with van der Waals surface area (Å²) < 4.78 is 0. The van der Waals surface area contributed by atoms with Crippen LogP contribution in [-0.4, -0.2) is 24.5 Å². The van der Waals surface area contributed by atoms with Crippen molar-refractivity contribution in [1.82, 2.24) is 15.6 Å². The van der Waals surface area contributed by atoms with Crippen molar-refractivity contribution in [3.05, 3.63) is 29.6 Å². The van der Waals surface area contributed by atoms with Crippen molar-refractivity contribution in [3.63, 3.8) is 0 Å². The summed E-state index contributed by atoms with van der Waals surface area (Å²) in [5.41, 5.74) is 2.28. The Morgan fingerprint density at radius 3 is 2.94 bits per heavy atom. The first-order valence-corrected chi connectivity index (χ1v) is 6.14. The third-order valence-electron chi connectivity index (χ3n) is 3.02. The molecule has 1 fully saturated rings. The van der Waals surface area contributed by atoms with Crippen LogP contribution in [0, 0.1) is 12.8 Å². The zero-order chi connectivity index (χ0) is 12.1. The third kappa shape index (κ3) is 3.73. The van der Waals surface area contributed by atoms with Gasteiger partial charge in [0, 0.05) is 19.8 Å². The van der Waals surface area contributed by atoms with Gasteiger partial charge in [0.25, 0.3) is 0 Å². The van der Waals surface area contributed by atoms with Gasteiger partial charge >= 0.3 is 0 Å². The molecule has 0 spiro atoms. The molecule has 0 aliphatic heterocycles. The average Bonchev–Trinajstić information content (AvgIpc) is 3.15. The van der Waals surface area contributed by atoms with E-state index in [1.54, 1.807) is 7.05 Å². The molecule has 4 heteroatoms. The predicted molar refractivity (Wildman–Crippen MR) is 69.9 cm³/mol. The lowest BCUT2D eigenvalue weighted by Gasteiger charge is -2.12. The van der Waals surface area contributed by atoms with E-state index in [4.69, 9.17) is 0 Å². The molecule has 2 rings (SSSR count). The SMILES string of the molecule is CN=C(NCc1ncccc1C)NCC1CC1. The maximum absolute atomic E-state index is 4.35. The largest absolute Gasteiger partial charge is 0.356 e. The summed E-state index contributed by atoms with van der Waals surface area (Å²) in [4.78, 5) is 8.55. The number of nitrogens with zero attached hydrogens (tertiary/aromatic N) is 2. The molecule has 0 unspecified atom stereocenters. The molecule has 0 radical (unpaired) electrons. The minimum atomic E-state index is 0.719. The highest BCUT2D eigenvalue weighted by Gasteiger charge is 2.20. The fourth-order valence-corrected chi connectivity index (χ4v) is 1.65. The average molecular weight is 232 g/mol. The molecule has 1 heterocycles. The Morgan fingerprint density at radius 2 is 2.29 bits per heavy atom. The van der Waals surface area contributed by atoms with Gasteiger partial charge in [0.2, 0.25) is 0 Å². The van der Waals surface area contributed by atoms with Gasteiger partial charge < -0.3 is 10.6 Å². The van der Waals surface area contributed by atoms with Crippen LogP contribution in [0.2, 0.25) is 0 Å². The van der Waals surface area contributed by atoms with Gasteiger partial charge in [0.05, 0.1) is 12.2 Å². The van der Waals surface area contributed by atoms with Crippen LogP contribution in [-0.2, 0) is 6.54 Å². The van der Waals surface area contributed by atoms with Gasteiger partial charge in [-0.1, -0.05) is 6.07 Å². The lowest BCUT2D eigenvalue weighted by Crippen LogP contribution is -2.38. The van der Waals surface area contributed by atoms with Crippen molar-refractivity contribution in [2.24, 2.45) is 10.9 Å². The highest BCUT2D eigenvalue weighted by atomic mass is 15.2. The molecule has 1 saturated carbocycles. The van der Waals surface area contributed by atoms with Crippen LogP contribution in [0.25, 0.3) is 0 Å². The number of guanidine groups is 1. The molecule has 0 saturated heterocycles. The smallest absolute Gasteiger partial charge is 0.191 e. The monoisotopic (exact) mass is 232 g/mol. The quantitative estimate of drug-likeness (QED) is 0.610. The number of aryl methyl sites for hydroxylation is 1. The van der Waals surface area contributed by atoms with Crippen molar-refractivity contribution in [2.45, 2.75) is 26.3 Å². The first-order valence-electron chi connectivity index (χ1n) is 6.14. The summed E-state index contributed by atoms with van der Waals surface area (Å²) in [6, 6.07) is 4.03. The van der Waals surface area contributed by atoms with E-state index in [1.165, 1.54) is 18.4 Å². The Balaban J connectivity index is 1.80. The van der Waals surface area contributed by atoms with E-state index < -0.39 is 0 Å². The summed E-state index contributed by atoms with van der Waals surface area (Å²) >= 11 is 0. The standard InChI is InChI=1S/C13H20N4/c1-10-4-3-7-15-12(10)9-17-13(14-2)16-8-11-5-6-11/h3-4,7,11H,5-6,8-9H2,1-2H3,(H2,14,16,17). The van der Waals surface area contributed by atoms with Crippen molar-refractivity contribution in [2.75, 3.05) is 13.6 Å². The molecule has 4 nitrogen and oxygen atoms in total. The summed E-state index contributed by atoms with van der Waals surface area (Å²) in [6.45, 7) is 3.82. The highest BCUT2D eigenvalue weighted by Crippen LogP contribution is 2.27. The van der Waals surface area contributed by atoms with E-state index in [9.17, 15) is 0 Å². The van der Waals surface area contributed by atoms with Crippen LogP contribution in [0.3, 0.4) is 0 Å². The fraction of sp³-hybridized carbons (Fsp3) is 0.538. The van der Waals surface area contributed by atoms with Gasteiger partial charge in [-0.25, -0.2) is 0 Å². The maximum Gasteiger partial charge on any atom is 0.191 e. The molecule has 2 N–H and O–H groups in total. The van der Waals surface area contributed by atoms with Crippen LogP contribution in [0.5, 0.6) is 0 Å². The van der Waals surface area contributed by atoms with Crippen molar-refractivity contribution in [3.8, 4) is 0 Å². The predicted octanol–water partition coefficient (Wildman–Crippen LogP) is 1.47. The molecular weight excluding hydrogens is 212 g/mol. The first kappa shape index (κ1) is 11.9. The van der Waals surface area contributed by atoms with Crippen LogP contribution >= 0.6 is 0 Å². The number of hydrogen-bond acceptors (Lipinski definition) is 2. The molecule has 1 aromatic rings. The Hall–Kier alpha value is -1.58. The van der Waals surface area contributed by atoms with Crippen LogP contribution in [0.4, 0.5) is 0 Å². The van der Waals surface area contributed by atoms with Crippen molar-refractivity contribution in [1.29, 1.82) is 0 Å².